The summed E-state index contributed by atoms with van der Waals surface area (Å²) >= 11 is 0. The molecule has 1 aliphatic heterocycles. The summed E-state index contributed by atoms with van der Waals surface area (Å²) in [5, 5.41) is 0. The van der Waals surface area contributed by atoms with Gasteiger partial charge in [0.25, 0.3) is 0 Å². The zero-order valence-corrected chi connectivity index (χ0v) is 9.25. The van der Waals surface area contributed by atoms with Gasteiger partial charge in [-0.1, -0.05) is 6.92 Å². The molecule has 3 heteroatoms. The maximum absolute atomic E-state index is 11.5. The van der Waals surface area contributed by atoms with Crippen molar-refractivity contribution in [3.05, 3.63) is 11.8 Å². The number of allylic oxidation sites excluding steroid dienone is 2. The molecule has 0 spiro atoms. The highest BCUT2D eigenvalue weighted by Gasteiger charge is 2.21. The van der Waals surface area contributed by atoms with Gasteiger partial charge >= 0.3 is 6.09 Å². The molecule has 3 nitrogen and oxygen atoms in total. The summed E-state index contributed by atoms with van der Waals surface area (Å²) in [6.07, 6.45) is 3.77. The molecule has 0 saturated carbocycles. The van der Waals surface area contributed by atoms with Gasteiger partial charge < -0.3 is 9.64 Å². The lowest BCUT2D eigenvalue weighted by atomic mass is 10.00. The van der Waals surface area contributed by atoms with Gasteiger partial charge in [0, 0.05) is 13.1 Å². The fraction of sp³-hybridized carbons (Fsp3) is 0.727. The fourth-order valence-corrected chi connectivity index (χ4v) is 1.45. The van der Waals surface area contributed by atoms with E-state index in [2.05, 4.69) is 6.92 Å². The van der Waals surface area contributed by atoms with E-state index in [0.29, 0.717) is 5.76 Å². The minimum absolute atomic E-state index is 0.201. The third-order valence-corrected chi connectivity index (χ3v) is 2.70. The number of rotatable bonds is 1. The van der Waals surface area contributed by atoms with Gasteiger partial charge in [0.2, 0.25) is 0 Å². The lowest BCUT2D eigenvalue weighted by Gasteiger charge is -2.29. The molecule has 1 heterocycles. The predicted octanol–water partition coefficient (Wildman–Crippen LogP) is 2.78. The first-order chi connectivity index (χ1) is 6.63. The minimum Gasteiger partial charge on any atom is -0.415 e. The number of ether oxygens (including phenoxy) is 1. The lowest BCUT2D eigenvalue weighted by Crippen LogP contribution is -2.38. The van der Waals surface area contributed by atoms with Gasteiger partial charge in [0.15, 0.2) is 0 Å². The van der Waals surface area contributed by atoms with E-state index in [-0.39, 0.29) is 6.09 Å². The molecule has 1 aliphatic rings. The van der Waals surface area contributed by atoms with Crippen LogP contribution in [-0.4, -0.2) is 24.1 Å². The summed E-state index contributed by atoms with van der Waals surface area (Å²) in [6.45, 7) is 7.54. The van der Waals surface area contributed by atoms with E-state index in [9.17, 15) is 4.79 Å². The Kier molecular flexibility index (Phi) is 3.98. The molecule has 0 aromatic heterocycles. The van der Waals surface area contributed by atoms with Crippen molar-refractivity contribution >= 4 is 6.09 Å². The second-order valence-corrected chi connectivity index (χ2v) is 3.94. The van der Waals surface area contributed by atoms with Crippen LogP contribution in [-0.2, 0) is 4.74 Å². The normalized spacial score (nSPS) is 19.6. The SMILES string of the molecule is C/C=C(/C)OC(=O)N1CCC(C)CC1. The van der Waals surface area contributed by atoms with E-state index in [1.807, 2.05) is 6.92 Å². The molecule has 80 valence electrons. The van der Waals surface area contributed by atoms with E-state index < -0.39 is 0 Å². The van der Waals surface area contributed by atoms with E-state index in [4.69, 9.17) is 4.74 Å². The zero-order valence-electron chi connectivity index (χ0n) is 9.25. The molecule has 0 aliphatic carbocycles. The Morgan fingerprint density at radius 1 is 1.43 bits per heavy atom. The first kappa shape index (κ1) is 11.1. The van der Waals surface area contributed by atoms with Crippen molar-refractivity contribution < 1.29 is 9.53 Å². The van der Waals surface area contributed by atoms with Crippen LogP contribution < -0.4 is 0 Å². The van der Waals surface area contributed by atoms with Crippen molar-refractivity contribution in [2.75, 3.05) is 13.1 Å². The van der Waals surface area contributed by atoms with Crippen LogP contribution in [0.3, 0.4) is 0 Å². The molecule has 1 rings (SSSR count). The Bertz CT molecular complexity index is 227. The Morgan fingerprint density at radius 2 is 2.00 bits per heavy atom. The Labute approximate surface area is 85.7 Å². The predicted molar refractivity (Wildman–Crippen MR) is 55.9 cm³/mol. The van der Waals surface area contributed by atoms with Crippen LogP contribution in [0.4, 0.5) is 4.79 Å². The molecule has 0 bridgehead atoms. The summed E-state index contributed by atoms with van der Waals surface area (Å²) in [4.78, 5) is 13.3. The van der Waals surface area contributed by atoms with Crippen molar-refractivity contribution in [1.82, 2.24) is 4.90 Å². The fourth-order valence-electron chi connectivity index (χ4n) is 1.45. The smallest absolute Gasteiger partial charge is 0.414 e. The quantitative estimate of drug-likeness (QED) is 0.605. The molecular weight excluding hydrogens is 178 g/mol. The van der Waals surface area contributed by atoms with Crippen molar-refractivity contribution in [3.8, 4) is 0 Å². The number of nitrogens with zero attached hydrogens (tertiary/aromatic N) is 1. The van der Waals surface area contributed by atoms with Gasteiger partial charge in [-0.2, -0.15) is 0 Å². The zero-order chi connectivity index (χ0) is 10.6. The lowest BCUT2D eigenvalue weighted by molar-refractivity contribution is 0.112. The number of carbonyl (C=O) groups is 1. The number of likely N-dealkylation sites (tertiary alicyclic amines) is 1. The molecule has 0 aromatic carbocycles. The average Bonchev–Trinajstić information content (AvgIpc) is 2.18. The van der Waals surface area contributed by atoms with Gasteiger partial charge in [-0.3, -0.25) is 0 Å². The van der Waals surface area contributed by atoms with Crippen LogP contribution in [0.15, 0.2) is 11.8 Å². The Balaban J connectivity index is 2.38. The van der Waals surface area contributed by atoms with Gasteiger partial charge in [-0.25, -0.2) is 4.79 Å². The van der Waals surface area contributed by atoms with Gasteiger partial charge in [0.1, 0.15) is 5.76 Å². The molecule has 1 saturated heterocycles. The highest BCUT2D eigenvalue weighted by atomic mass is 16.6. The third-order valence-electron chi connectivity index (χ3n) is 2.70. The Morgan fingerprint density at radius 3 is 2.50 bits per heavy atom. The summed E-state index contributed by atoms with van der Waals surface area (Å²) in [5.41, 5.74) is 0. The van der Waals surface area contributed by atoms with Crippen LogP contribution in [0.5, 0.6) is 0 Å². The van der Waals surface area contributed by atoms with Crippen LogP contribution in [0.25, 0.3) is 0 Å². The number of carbonyl (C=O) groups excluding carboxylic acids is 1. The molecular formula is C11H19NO2. The first-order valence-corrected chi connectivity index (χ1v) is 5.23. The summed E-state index contributed by atoms with van der Waals surface area (Å²) < 4.78 is 5.12. The van der Waals surface area contributed by atoms with Crippen molar-refractivity contribution in [2.24, 2.45) is 5.92 Å². The monoisotopic (exact) mass is 197 g/mol. The van der Waals surface area contributed by atoms with Crippen molar-refractivity contribution in [1.29, 1.82) is 0 Å². The highest BCUT2D eigenvalue weighted by Crippen LogP contribution is 2.17. The van der Waals surface area contributed by atoms with Gasteiger partial charge in [-0.05, 0) is 38.7 Å². The number of piperidine rings is 1. The molecule has 1 amide bonds. The summed E-state index contributed by atoms with van der Waals surface area (Å²) in [5.74, 6) is 1.41. The van der Waals surface area contributed by atoms with Crippen LogP contribution >= 0.6 is 0 Å². The third kappa shape index (κ3) is 3.05. The highest BCUT2D eigenvalue weighted by molar-refractivity contribution is 5.68. The van der Waals surface area contributed by atoms with E-state index in [1.54, 1.807) is 17.9 Å². The van der Waals surface area contributed by atoms with E-state index >= 15 is 0 Å². The maximum atomic E-state index is 11.5. The summed E-state index contributed by atoms with van der Waals surface area (Å²) in [7, 11) is 0. The second-order valence-electron chi connectivity index (χ2n) is 3.94. The van der Waals surface area contributed by atoms with E-state index in [1.165, 1.54) is 0 Å². The number of hydrogen-bond acceptors (Lipinski definition) is 2. The van der Waals surface area contributed by atoms with Gasteiger partial charge in [-0.15, -0.1) is 0 Å². The molecule has 1 fully saturated rings. The summed E-state index contributed by atoms with van der Waals surface area (Å²) in [6, 6.07) is 0. The van der Waals surface area contributed by atoms with Crippen LogP contribution in [0.2, 0.25) is 0 Å². The molecule has 0 N–H and O–H groups in total. The molecule has 0 radical (unpaired) electrons. The standard InChI is InChI=1S/C11H19NO2/c1-4-10(3)14-11(13)12-7-5-9(2)6-8-12/h4,9H,5-8H2,1-3H3/b10-4-. The molecule has 0 atom stereocenters. The molecule has 0 unspecified atom stereocenters. The van der Waals surface area contributed by atoms with Crippen LogP contribution in [0, 0.1) is 5.92 Å². The topological polar surface area (TPSA) is 29.5 Å². The average molecular weight is 197 g/mol. The second kappa shape index (κ2) is 5.03. The van der Waals surface area contributed by atoms with Crippen molar-refractivity contribution in [2.45, 2.75) is 33.6 Å². The van der Waals surface area contributed by atoms with Crippen LogP contribution in [0.1, 0.15) is 33.6 Å². The Hall–Kier alpha value is -0.990. The molecule has 0 aromatic rings. The molecule has 14 heavy (non-hydrogen) atoms. The van der Waals surface area contributed by atoms with Gasteiger partial charge in [0.05, 0.1) is 0 Å². The first-order valence-electron chi connectivity index (χ1n) is 5.23. The largest absolute Gasteiger partial charge is 0.415 e. The van der Waals surface area contributed by atoms with Crippen molar-refractivity contribution in [3.63, 3.8) is 0 Å². The number of hydrogen-bond donors (Lipinski definition) is 0. The minimum atomic E-state index is -0.201. The maximum Gasteiger partial charge on any atom is 0.414 e. The van der Waals surface area contributed by atoms with E-state index in [0.717, 1.165) is 31.8 Å². The number of amides is 1.